The lowest BCUT2D eigenvalue weighted by Crippen LogP contribution is -2.07. The Hall–Kier alpha value is -2.72. The van der Waals surface area contributed by atoms with Crippen LogP contribution in [0.15, 0.2) is 22.7 Å². The number of hydrogen-bond acceptors (Lipinski definition) is 5. The van der Waals surface area contributed by atoms with Crippen molar-refractivity contribution in [2.45, 2.75) is 6.18 Å². The minimum atomic E-state index is -4.69. The lowest BCUT2D eigenvalue weighted by atomic mass is 10.1. The monoisotopic (exact) mass is 403 g/mol. The van der Waals surface area contributed by atoms with Crippen molar-refractivity contribution in [2.75, 3.05) is 0 Å². The highest BCUT2D eigenvalue weighted by Gasteiger charge is 2.36. The van der Waals surface area contributed by atoms with E-state index in [9.17, 15) is 18.3 Å². The largest absolute Gasteiger partial charge is 0.479 e. The van der Waals surface area contributed by atoms with Crippen molar-refractivity contribution in [1.29, 1.82) is 0 Å². The molecule has 3 N–H and O–H groups in total. The summed E-state index contributed by atoms with van der Waals surface area (Å²) in [6.07, 6.45) is -4.69. The Morgan fingerprint density at radius 2 is 1.88 bits per heavy atom. The van der Waals surface area contributed by atoms with Gasteiger partial charge in [-0.3, -0.25) is 0 Å². The van der Waals surface area contributed by atoms with Gasteiger partial charge >= 0.3 is 12.1 Å². The molecule has 0 bridgehead atoms. The number of nitrogens with zero attached hydrogens (tertiary/aromatic N) is 3. The SMILES string of the molecule is Oc1cc(-c2c(-c3nnc(C(F)(F)F)[nH]3)[nH]c3c(Cl)c(Cl)ccc23)no1. The van der Waals surface area contributed by atoms with Crippen LogP contribution in [0, 0.1) is 0 Å². The molecule has 134 valence electrons. The molecule has 0 fully saturated rings. The number of aromatic nitrogens is 5. The zero-order valence-electron chi connectivity index (χ0n) is 12.3. The van der Waals surface area contributed by atoms with Crippen molar-refractivity contribution < 1.29 is 22.8 Å². The van der Waals surface area contributed by atoms with Gasteiger partial charge in [0.05, 0.1) is 27.3 Å². The second-order valence-electron chi connectivity index (χ2n) is 5.23. The summed E-state index contributed by atoms with van der Waals surface area (Å²) in [6.45, 7) is 0. The Morgan fingerprint density at radius 3 is 2.50 bits per heavy atom. The Bertz CT molecular complexity index is 1130. The van der Waals surface area contributed by atoms with Crippen LogP contribution >= 0.6 is 23.2 Å². The van der Waals surface area contributed by atoms with Crippen LogP contribution < -0.4 is 0 Å². The van der Waals surface area contributed by atoms with Crippen LogP contribution in [-0.2, 0) is 6.18 Å². The van der Waals surface area contributed by atoms with Gasteiger partial charge in [0.25, 0.3) is 0 Å². The fraction of sp³-hybridized carbons (Fsp3) is 0.0714. The van der Waals surface area contributed by atoms with Gasteiger partial charge in [0, 0.05) is 10.9 Å². The van der Waals surface area contributed by atoms with E-state index >= 15 is 0 Å². The predicted octanol–water partition coefficient (Wildman–Crippen LogP) is 4.64. The quantitative estimate of drug-likeness (QED) is 0.452. The summed E-state index contributed by atoms with van der Waals surface area (Å²) in [7, 11) is 0. The minimum absolute atomic E-state index is 0.125. The van der Waals surface area contributed by atoms with E-state index in [1.165, 1.54) is 12.1 Å². The van der Waals surface area contributed by atoms with E-state index < -0.39 is 17.9 Å². The molecule has 12 heteroatoms. The van der Waals surface area contributed by atoms with Gasteiger partial charge in [0.1, 0.15) is 5.69 Å². The molecule has 0 spiro atoms. The highest BCUT2D eigenvalue weighted by atomic mass is 35.5. The summed E-state index contributed by atoms with van der Waals surface area (Å²) in [4.78, 5) is 4.99. The third-order valence-corrected chi connectivity index (χ3v) is 4.41. The summed E-state index contributed by atoms with van der Waals surface area (Å²) in [5.41, 5.74) is 0.955. The number of hydrogen-bond donors (Lipinski definition) is 3. The second-order valence-corrected chi connectivity index (χ2v) is 6.01. The lowest BCUT2D eigenvalue weighted by molar-refractivity contribution is -0.144. The normalized spacial score (nSPS) is 12.2. The van der Waals surface area contributed by atoms with Gasteiger partial charge in [-0.1, -0.05) is 34.4 Å². The third-order valence-electron chi connectivity index (χ3n) is 3.61. The molecule has 0 aliphatic carbocycles. The van der Waals surface area contributed by atoms with Crippen molar-refractivity contribution >= 4 is 34.1 Å². The molecule has 0 aliphatic rings. The highest BCUT2D eigenvalue weighted by molar-refractivity contribution is 6.45. The van der Waals surface area contributed by atoms with Crippen LogP contribution in [-0.4, -0.2) is 30.4 Å². The Kier molecular flexibility index (Phi) is 3.63. The molecule has 0 aliphatic heterocycles. The summed E-state index contributed by atoms with van der Waals surface area (Å²) in [5, 5.41) is 20.7. The smallest absolute Gasteiger partial charge is 0.451 e. The van der Waals surface area contributed by atoms with E-state index in [4.69, 9.17) is 23.2 Å². The molecule has 0 atom stereocenters. The average molecular weight is 404 g/mol. The summed E-state index contributed by atoms with van der Waals surface area (Å²) in [5.74, 6) is -1.92. The van der Waals surface area contributed by atoms with E-state index in [1.54, 1.807) is 6.07 Å². The van der Waals surface area contributed by atoms with Crippen LogP contribution in [0.1, 0.15) is 5.82 Å². The molecule has 0 unspecified atom stereocenters. The van der Waals surface area contributed by atoms with Crippen molar-refractivity contribution in [3.63, 3.8) is 0 Å². The van der Waals surface area contributed by atoms with E-state index in [0.29, 0.717) is 16.5 Å². The van der Waals surface area contributed by atoms with E-state index in [0.717, 1.165) is 0 Å². The fourth-order valence-electron chi connectivity index (χ4n) is 2.53. The van der Waals surface area contributed by atoms with Crippen molar-refractivity contribution in [3.05, 3.63) is 34.1 Å². The van der Waals surface area contributed by atoms with Gasteiger partial charge in [-0.25, -0.2) is 0 Å². The predicted molar refractivity (Wildman–Crippen MR) is 85.9 cm³/mol. The van der Waals surface area contributed by atoms with Crippen LogP contribution in [0.4, 0.5) is 13.2 Å². The van der Waals surface area contributed by atoms with Crippen molar-refractivity contribution in [1.82, 2.24) is 25.3 Å². The first-order chi connectivity index (χ1) is 12.3. The number of rotatable bonds is 2. The molecule has 26 heavy (non-hydrogen) atoms. The number of fused-ring (bicyclic) bond motifs is 1. The van der Waals surface area contributed by atoms with Crippen LogP contribution in [0.3, 0.4) is 0 Å². The number of aromatic amines is 2. The molecular formula is C14H6Cl2F3N5O2. The molecule has 0 saturated carbocycles. The van der Waals surface area contributed by atoms with Crippen LogP contribution in [0.5, 0.6) is 5.95 Å². The van der Waals surface area contributed by atoms with Crippen LogP contribution in [0.25, 0.3) is 33.7 Å². The minimum Gasteiger partial charge on any atom is -0.479 e. The maximum absolute atomic E-state index is 12.8. The number of alkyl halides is 3. The molecule has 3 aromatic heterocycles. The van der Waals surface area contributed by atoms with Gasteiger partial charge in [0.15, 0.2) is 5.82 Å². The first-order valence-electron chi connectivity index (χ1n) is 6.91. The number of H-pyrrole nitrogens is 2. The van der Waals surface area contributed by atoms with E-state index in [1.807, 2.05) is 0 Å². The van der Waals surface area contributed by atoms with Gasteiger partial charge < -0.3 is 19.6 Å². The van der Waals surface area contributed by atoms with Gasteiger partial charge in [-0.15, -0.1) is 10.2 Å². The molecule has 7 nitrogen and oxygen atoms in total. The standard InChI is InChI=1S/C14H6Cl2F3N5O2/c15-5-2-1-4-8(6-3-7(25)26-24-6)11(20-10(4)9(5)16)12-21-13(23-22-12)14(17,18)19/h1-3,20,25H,(H,21,22,23). The maximum Gasteiger partial charge on any atom is 0.451 e. The molecular weight excluding hydrogens is 398 g/mol. The molecule has 3 heterocycles. The first-order valence-corrected chi connectivity index (χ1v) is 7.67. The number of halogens is 5. The highest BCUT2D eigenvalue weighted by Crippen LogP contribution is 2.42. The van der Waals surface area contributed by atoms with Crippen molar-refractivity contribution in [3.8, 4) is 28.7 Å². The molecule has 0 radical (unpaired) electrons. The average Bonchev–Trinajstić information content (AvgIpc) is 3.27. The third kappa shape index (κ3) is 2.58. The zero-order chi connectivity index (χ0) is 18.6. The maximum atomic E-state index is 12.8. The lowest BCUT2D eigenvalue weighted by Gasteiger charge is -2.00. The van der Waals surface area contributed by atoms with Gasteiger partial charge in [-0.2, -0.15) is 13.2 Å². The second kappa shape index (κ2) is 5.64. The number of aromatic hydroxyl groups is 1. The summed E-state index contributed by atoms with van der Waals surface area (Å²) < 4.78 is 43.1. The van der Waals surface area contributed by atoms with E-state index in [-0.39, 0.29) is 27.3 Å². The summed E-state index contributed by atoms with van der Waals surface area (Å²) in [6, 6.07) is 4.33. The Balaban J connectivity index is 2.02. The molecule has 1 aromatic carbocycles. The van der Waals surface area contributed by atoms with Gasteiger partial charge in [0.2, 0.25) is 5.82 Å². The molecule has 0 saturated heterocycles. The zero-order valence-corrected chi connectivity index (χ0v) is 13.8. The number of benzene rings is 1. The topological polar surface area (TPSA) is 104 Å². The summed E-state index contributed by atoms with van der Waals surface area (Å²) >= 11 is 12.2. The first kappa shape index (κ1) is 16.7. The fourth-order valence-corrected chi connectivity index (χ4v) is 2.90. The molecule has 4 aromatic rings. The van der Waals surface area contributed by atoms with Gasteiger partial charge in [-0.05, 0) is 6.07 Å². The number of nitrogens with one attached hydrogen (secondary N) is 2. The van der Waals surface area contributed by atoms with Crippen molar-refractivity contribution in [2.24, 2.45) is 0 Å². The molecule has 4 rings (SSSR count). The molecule has 0 amide bonds. The van der Waals surface area contributed by atoms with Crippen LogP contribution in [0.2, 0.25) is 10.0 Å². The Morgan fingerprint density at radius 1 is 1.12 bits per heavy atom. The van der Waals surface area contributed by atoms with E-state index in [2.05, 4.69) is 29.8 Å². The Labute approximate surface area is 151 Å².